The zero-order chi connectivity index (χ0) is 9.97. The van der Waals surface area contributed by atoms with Crippen molar-refractivity contribution in [1.82, 2.24) is 0 Å². The van der Waals surface area contributed by atoms with Crippen molar-refractivity contribution in [3.05, 3.63) is 34.8 Å². The van der Waals surface area contributed by atoms with Gasteiger partial charge in [0.2, 0.25) is 0 Å². The summed E-state index contributed by atoms with van der Waals surface area (Å²) in [5.74, 6) is -0.248. The number of hydrogen-bond donors (Lipinski definition) is 0. The summed E-state index contributed by atoms with van der Waals surface area (Å²) in [5.41, 5.74) is 1.08. The molecule has 2 rings (SSSR count). The van der Waals surface area contributed by atoms with Crippen LogP contribution >= 0.6 is 0 Å². The molecule has 0 unspecified atom stereocenters. The Labute approximate surface area is 81.7 Å². The van der Waals surface area contributed by atoms with Crippen molar-refractivity contribution < 1.29 is 9.53 Å². The molecule has 0 saturated heterocycles. The average molecular weight is 189 g/mol. The molecule has 0 spiro atoms. The first-order chi connectivity index (χ1) is 6.77. The summed E-state index contributed by atoms with van der Waals surface area (Å²) in [4.78, 5) is 15.0. The summed E-state index contributed by atoms with van der Waals surface area (Å²) in [7, 11) is 0. The van der Waals surface area contributed by atoms with Crippen LogP contribution < -0.4 is 10.6 Å². The van der Waals surface area contributed by atoms with E-state index in [1.807, 2.05) is 24.3 Å². The number of carbonyl (C=O) groups is 1. The van der Waals surface area contributed by atoms with Crippen LogP contribution in [-0.2, 0) is 9.53 Å². The minimum absolute atomic E-state index is 0.248. The van der Waals surface area contributed by atoms with Gasteiger partial charge < -0.3 is 4.74 Å². The van der Waals surface area contributed by atoms with Gasteiger partial charge in [0.15, 0.2) is 0 Å². The number of hydrogen-bond acceptors (Lipinski definition) is 3. The third kappa shape index (κ3) is 1.66. The molecule has 1 aliphatic rings. The van der Waals surface area contributed by atoms with Gasteiger partial charge in [-0.05, 0) is 11.6 Å². The number of para-hydroxylation sites is 1. The van der Waals surface area contributed by atoms with E-state index < -0.39 is 0 Å². The first-order valence-electron chi connectivity index (χ1n) is 4.52. The second-order valence-electron chi connectivity index (χ2n) is 3.22. The van der Waals surface area contributed by atoms with Crippen LogP contribution in [0, 0.1) is 0 Å². The highest BCUT2D eigenvalue weighted by molar-refractivity contribution is 5.67. The molecule has 1 aromatic rings. The lowest BCUT2D eigenvalue weighted by atomic mass is 10.2. The van der Waals surface area contributed by atoms with Gasteiger partial charge in [-0.2, -0.15) is 0 Å². The number of nitrogens with zero attached hydrogens (tertiary/aromatic N) is 1. The molecule has 0 N–H and O–H groups in total. The summed E-state index contributed by atoms with van der Waals surface area (Å²) in [6.45, 7) is 2.42. The molecule has 0 fully saturated rings. The summed E-state index contributed by atoms with van der Waals surface area (Å²) in [6, 6.07) is 7.89. The smallest absolute Gasteiger partial charge is 0.302 e. The molecule has 0 saturated carbocycles. The fourth-order valence-electron chi connectivity index (χ4n) is 1.49. The molecule has 0 amide bonds. The maximum Gasteiger partial charge on any atom is 0.302 e. The van der Waals surface area contributed by atoms with Gasteiger partial charge in [-0.25, -0.2) is 0 Å². The van der Waals surface area contributed by atoms with Crippen LogP contribution in [0.3, 0.4) is 0 Å². The molecular weight excluding hydrogens is 178 g/mol. The zero-order valence-corrected chi connectivity index (χ0v) is 7.99. The van der Waals surface area contributed by atoms with Crippen molar-refractivity contribution >= 4 is 11.5 Å². The Morgan fingerprint density at radius 1 is 1.50 bits per heavy atom. The first kappa shape index (κ1) is 8.94. The van der Waals surface area contributed by atoms with E-state index in [9.17, 15) is 4.79 Å². The van der Waals surface area contributed by atoms with Crippen molar-refractivity contribution in [2.75, 3.05) is 13.2 Å². The number of benzene rings is 1. The van der Waals surface area contributed by atoms with Crippen molar-refractivity contribution in [3.8, 4) is 0 Å². The highest BCUT2D eigenvalue weighted by atomic mass is 16.5. The van der Waals surface area contributed by atoms with Gasteiger partial charge in [0.1, 0.15) is 6.61 Å². The van der Waals surface area contributed by atoms with Gasteiger partial charge in [0, 0.05) is 12.1 Å². The van der Waals surface area contributed by atoms with E-state index in [-0.39, 0.29) is 5.97 Å². The van der Waals surface area contributed by atoms with Crippen LogP contribution in [0.2, 0.25) is 0 Å². The van der Waals surface area contributed by atoms with Gasteiger partial charge in [0.05, 0.1) is 11.9 Å². The quantitative estimate of drug-likeness (QED) is 0.616. The van der Waals surface area contributed by atoms with Crippen LogP contribution in [0.5, 0.6) is 0 Å². The third-order valence-corrected chi connectivity index (χ3v) is 2.17. The minimum atomic E-state index is -0.248. The zero-order valence-electron chi connectivity index (χ0n) is 7.99. The van der Waals surface area contributed by atoms with Gasteiger partial charge in [-0.1, -0.05) is 18.2 Å². The SMILES string of the molecule is CC(=O)OCC1=c2ccccc2=NC1. The van der Waals surface area contributed by atoms with E-state index in [1.54, 1.807) is 0 Å². The molecule has 1 aliphatic heterocycles. The fourth-order valence-corrected chi connectivity index (χ4v) is 1.49. The van der Waals surface area contributed by atoms with E-state index in [0.717, 1.165) is 16.1 Å². The largest absolute Gasteiger partial charge is 0.461 e. The Balaban J connectivity index is 2.31. The molecule has 3 nitrogen and oxygen atoms in total. The molecule has 0 aromatic heterocycles. The molecule has 0 atom stereocenters. The summed E-state index contributed by atoms with van der Waals surface area (Å²) < 4.78 is 4.95. The van der Waals surface area contributed by atoms with Crippen LogP contribution in [-0.4, -0.2) is 19.1 Å². The first-order valence-corrected chi connectivity index (χ1v) is 4.52. The molecule has 0 radical (unpaired) electrons. The molecule has 72 valence electrons. The lowest BCUT2D eigenvalue weighted by Crippen LogP contribution is -2.23. The number of rotatable bonds is 2. The predicted molar refractivity (Wildman–Crippen MR) is 52.1 cm³/mol. The third-order valence-electron chi connectivity index (χ3n) is 2.17. The minimum Gasteiger partial charge on any atom is -0.461 e. The lowest BCUT2D eigenvalue weighted by molar-refractivity contribution is -0.139. The van der Waals surface area contributed by atoms with Crippen LogP contribution in [0.15, 0.2) is 29.3 Å². The maximum absolute atomic E-state index is 10.6. The van der Waals surface area contributed by atoms with Crippen molar-refractivity contribution in [2.45, 2.75) is 6.92 Å². The highest BCUT2D eigenvalue weighted by Crippen LogP contribution is 1.98. The fraction of sp³-hybridized carbons (Fsp3) is 0.273. The van der Waals surface area contributed by atoms with E-state index in [2.05, 4.69) is 4.99 Å². The topological polar surface area (TPSA) is 38.7 Å². The number of ether oxygens (including phenoxy) is 1. The average Bonchev–Trinajstić information content (AvgIpc) is 2.58. The molecule has 14 heavy (non-hydrogen) atoms. The van der Waals surface area contributed by atoms with E-state index in [0.29, 0.717) is 13.2 Å². The standard InChI is InChI=1S/C11H11NO2/c1-8(13)14-7-9-6-12-11-5-3-2-4-10(9)11/h2-5H,6-7H2,1H3. The Kier molecular flexibility index (Phi) is 2.31. The summed E-state index contributed by atoms with van der Waals surface area (Å²) in [5, 5.41) is 2.10. The Hall–Kier alpha value is -1.64. The van der Waals surface area contributed by atoms with Gasteiger partial charge in [0.25, 0.3) is 0 Å². The van der Waals surface area contributed by atoms with Gasteiger partial charge in [-0.15, -0.1) is 0 Å². The second-order valence-corrected chi connectivity index (χ2v) is 3.22. The second kappa shape index (κ2) is 3.62. The number of carbonyl (C=O) groups excluding carboxylic acids is 1. The van der Waals surface area contributed by atoms with Gasteiger partial charge >= 0.3 is 5.97 Å². The van der Waals surface area contributed by atoms with Crippen LogP contribution in [0.1, 0.15) is 6.92 Å². The van der Waals surface area contributed by atoms with Crippen molar-refractivity contribution in [2.24, 2.45) is 4.99 Å². The molecular formula is C11H11NO2. The predicted octanol–water partition coefficient (Wildman–Crippen LogP) is 0.0336. The van der Waals surface area contributed by atoms with E-state index in [4.69, 9.17) is 4.74 Å². The number of fused-ring (bicyclic) bond motifs is 1. The maximum atomic E-state index is 10.6. The highest BCUT2D eigenvalue weighted by Gasteiger charge is 2.06. The molecule has 1 heterocycles. The van der Waals surface area contributed by atoms with Gasteiger partial charge in [-0.3, -0.25) is 9.79 Å². The number of esters is 1. The Bertz CT molecular complexity index is 476. The van der Waals surface area contributed by atoms with E-state index in [1.165, 1.54) is 6.92 Å². The van der Waals surface area contributed by atoms with Crippen molar-refractivity contribution in [1.29, 1.82) is 0 Å². The van der Waals surface area contributed by atoms with Crippen LogP contribution in [0.4, 0.5) is 0 Å². The molecule has 0 aliphatic carbocycles. The van der Waals surface area contributed by atoms with Crippen molar-refractivity contribution in [3.63, 3.8) is 0 Å². The lowest BCUT2D eigenvalue weighted by Gasteiger charge is -2.01. The Morgan fingerprint density at radius 3 is 3.07 bits per heavy atom. The van der Waals surface area contributed by atoms with E-state index >= 15 is 0 Å². The van der Waals surface area contributed by atoms with Crippen LogP contribution in [0.25, 0.3) is 5.57 Å². The molecule has 3 heteroatoms. The molecule has 1 aromatic carbocycles. The summed E-state index contributed by atoms with van der Waals surface area (Å²) in [6.07, 6.45) is 0. The normalized spacial score (nSPS) is 13.4. The molecule has 0 bridgehead atoms. The summed E-state index contributed by atoms with van der Waals surface area (Å²) >= 11 is 0. The Morgan fingerprint density at radius 2 is 2.29 bits per heavy atom. The monoisotopic (exact) mass is 189 g/mol.